The number of rotatable bonds is 8. The first-order valence-electron chi connectivity index (χ1n) is 10.7. The molecule has 0 aliphatic rings. The molecule has 3 rings (SSSR count). The Hall–Kier alpha value is -3.67. The number of fused-ring (bicyclic) bond motifs is 1. The molecule has 6 heteroatoms. The van der Waals surface area contributed by atoms with Gasteiger partial charge in [0, 0.05) is 17.8 Å². The van der Waals surface area contributed by atoms with E-state index in [0.717, 1.165) is 16.3 Å². The zero-order chi connectivity index (χ0) is 23.1. The van der Waals surface area contributed by atoms with E-state index in [1.807, 2.05) is 81.4 Å². The lowest BCUT2D eigenvalue weighted by Crippen LogP contribution is -2.44. The molecule has 0 aliphatic heterocycles. The molecular formula is C26H29N3O3. The lowest BCUT2D eigenvalue weighted by atomic mass is 10.0. The molecule has 0 radical (unpaired) electrons. The van der Waals surface area contributed by atoms with Gasteiger partial charge in [-0.15, -0.1) is 0 Å². The SMILES string of the molecule is Cc1ccc(NC(=O)CNC(=O)CN(CC(C)C)C(=O)c2cccc3ccccc23)cc1. The summed E-state index contributed by atoms with van der Waals surface area (Å²) >= 11 is 0. The molecule has 0 fully saturated rings. The highest BCUT2D eigenvalue weighted by Gasteiger charge is 2.21. The molecule has 6 nitrogen and oxygen atoms in total. The molecule has 0 unspecified atom stereocenters. The van der Waals surface area contributed by atoms with Gasteiger partial charge in [-0.2, -0.15) is 0 Å². The minimum absolute atomic E-state index is 0.113. The van der Waals surface area contributed by atoms with Crippen molar-refractivity contribution in [1.29, 1.82) is 0 Å². The van der Waals surface area contributed by atoms with Crippen LogP contribution >= 0.6 is 0 Å². The second kappa shape index (κ2) is 10.6. The summed E-state index contributed by atoms with van der Waals surface area (Å²) in [6, 6.07) is 20.7. The van der Waals surface area contributed by atoms with Crippen LogP contribution < -0.4 is 10.6 Å². The van der Waals surface area contributed by atoms with Crippen LogP contribution in [-0.4, -0.2) is 42.3 Å². The average molecular weight is 432 g/mol. The fourth-order valence-corrected chi connectivity index (χ4v) is 3.49. The standard InChI is InChI=1S/C26H29N3O3/c1-18(2)16-29(26(32)23-10-6-8-20-7-4-5-9-22(20)23)17-25(31)27-15-24(30)28-21-13-11-19(3)12-14-21/h4-14,18H,15-17H2,1-3H3,(H,27,31)(H,28,30). The largest absolute Gasteiger partial charge is 0.345 e. The third kappa shape index (κ3) is 6.17. The molecule has 2 N–H and O–H groups in total. The van der Waals surface area contributed by atoms with Crippen LogP contribution in [0.3, 0.4) is 0 Å². The van der Waals surface area contributed by atoms with Gasteiger partial charge in [0.25, 0.3) is 5.91 Å². The summed E-state index contributed by atoms with van der Waals surface area (Å²) in [7, 11) is 0. The molecule has 166 valence electrons. The number of nitrogens with one attached hydrogen (secondary N) is 2. The lowest BCUT2D eigenvalue weighted by molar-refractivity contribution is -0.124. The van der Waals surface area contributed by atoms with Crippen LogP contribution in [0.15, 0.2) is 66.7 Å². The predicted octanol–water partition coefficient (Wildman–Crippen LogP) is 4.00. The number of carbonyl (C=O) groups excluding carboxylic acids is 3. The topological polar surface area (TPSA) is 78.5 Å². The third-order valence-corrected chi connectivity index (χ3v) is 5.01. The van der Waals surface area contributed by atoms with Crippen molar-refractivity contribution in [2.45, 2.75) is 20.8 Å². The van der Waals surface area contributed by atoms with E-state index in [9.17, 15) is 14.4 Å². The first-order valence-corrected chi connectivity index (χ1v) is 10.7. The van der Waals surface area contributed by atoms with Gasteiger partial charge in [0.15, 0.2) is 0 Å². The molecule has 0 saturated carbocycles. The van der Waals surface area contributed by atoms with E-state index in [4.69, 9.17) is 0 Å². The fourth-order valence-electron chi connectivity index (χ4n) is 3.49. The minimum Gasteiger partial charge on any atom is -0.345 e. The Labute approximate surface area is 188 Å². The third-order valence-electron chi connectivity index (χ3n) is 5.01. The van der Waals surface area contributed by atoms with Gasteiger partial charge in [0.05, 0.1) is 13.1 Å². The molecular weight excluding hydrogens is 402 g/mol. The van der Waals surface area contributed by atoms with E-state index in [1.54, 1.807) is 11.0 Å². The van der Waals surface area contributed by atoms with Gasteiger partial charge in [0.2, 0.25) is 11.8 Å². The molecule has 32 heavy (non-hydrogen) atoms. The number of nitrogens with zero attached hydrogens (tertiary/aromatic N) is 1. The highest BCUT2D eigenvalue weighted by molar-refractivity contribution is 6.08. The van der Waals surface area contributed by atoms with Crippen molar-refractivity contribution < 1.29 is 14.4 Å². The van der Waals surface area contributed by atoms with Gasteiger partial charge in [-0.1, -0.05) is 67.9 Å². The Morgan fingerprint density at radius 1 is 0.875 bits per heavy atom. The first kappa shape index (κ1) is 23.0. The van der Waals surface area contributed by atoms with Crippen LogP contribution in [0.2, 0.25) is 0 Å². The summed E-state index contributed by atoms with van der Waals surface area (Å²) < 4.78 is 0. The molecule has 0 spiro atoms. The van der Waals surface area contributed by atoms with Crippen molar-refractivity contribution in [3.63, 3.8) is 0 Å². The number of hydrogen-bond donors (Lipinski definition) is 2. The second-order valence-corrected chi connectivity index (χ2v) is 8.30. The monoisotopic (exact) mass is 431 g/mol. The summed E-state index contributed by atoms with van der Waals surface area (Å²) in [5, 5.41) is 7.19. The van der Waals surface area contributed by atoms with Gasteiger partial charge in [-0.25, -0.2) is 0 Å². The fraction of sp³-hybridized carbons (Fsp3) is 0.269. The highest BCUT2D eigenvalue weighted by Crippen LogP contribution is 2.20. The highest BCUT2D eigenvalue weighted by atomic mass is 16.2. The van der Waals surface area contributed by atoms with E-state index in [-0.39, 0.29) is 36.7 Å². The molecule has 0 atom stereocenters. The minimum atomic E-state index is -0.377. The summed E-state index contributed by atoms with van der Waals surface area (Å²) in [6.07, 6.45) is 0. The maximum atomic E-state index is 13.3. The average Bonchev–Trinajstić information content (AvgIpc) is 2.77. The number of benzene rings is 3. The number of hydrogen-bond acceptors (Lipinski definition) is 3. The summed E-state index contributed by atoms with van der Waals surface area (Å²) in [5.41, 5.74) is 2.33. The van der Waals surface area contributed by atoms with Crippen LogP contribution in [0, 0.1) is 12.8 Å². The van der Waals surface area contributed by atoms with Gasteiger partial charge in [-0.3, -0.25) is 14.4 Å². The maximum Gasteiger partial charge on any atom is 0.254 e. The first-order chi connectivity index (χ1) is 15.3. The van der Waals surface area contributed by atoms with Crippen LogP contribution in [0.5, 0.6) is 0 Å². The van der Waals surface area contributed by atoms with Crippen molar-refractivity contribution in [2.24, 2.45) is 5.92 Å². The quantitative estimate of drug-likeness (QED) is 0.566. The Morgan fingerprint density at radius 3 is 2.28 bits per heavy atom. The van der Waals surface area contributed by atoms with Gasteiger partial charge < -0.3 is 15.5 Å². The number of carbonyl (C=O) groups is 3. The van der Waals surface area contributed by atoms with E-state index in [2.05, 4.69) is 10.6 Å². The smallest absolute Gasteiger partial charge is 0.254 e. The molecule has 3 aromatic carbocycles. The van der Waals surface area contributed by atoms with Gasteiger partial charge in [0.1, 0.15) is 0 Å². The van der Waals surface area contributed by atoms with Crippen molar-refractivity contribution >= 4 is 34.2 Å². The number of amides is 3. The van der Waals surface area contributed by atoms with Crippen LogP contribution in [-0.2, 0) is 9.59 Å². The predicted molar refractivity (Wildman–Crippen MR) is 128 cm³/mol. The number of anilines is 1. The molecule has 0 bridgehead atoms. The van der Waals surface area contributed by atoms with Crippen molar-refractivity contribution in [3.8, 4) is 0 Å². The second-order valence-electron chi connectivity index (χ2n) is 8.30. The molecule has 0 saturated heterocycles. The van der Waals surface area contributed by atoms with Crippen LogP contribution in [0.25, 0.3) is 10.8 Å². The maximum absolute atomic E-state index is 13.3. The van der Waals surface area contributed by atoms with E-state index >= 15 is 0 Å². The molecule has 0 heterocycles. The Kier molecular flexibility index (Phi) is 7.60. The molecule has 0 aliphatic carbocycles. The lowest BCUT2D eigenvalue weighted by Gasteiger charge is -2.24. The Morgan fingerprint density at radius 2 is 1.56 bits per heavy atom. The van der Waals surface area contributed by atoms with Gasteiger partial charge in [-0.05, 0) is 41.8 Å². The van der Waals surface area contributed by atoms with Crippen molar-refractivity contribution in [1.82, 2.24) is 10.2 Å². The summed E-state index contributed by atoms with van der Waals surface area (Å²) in [6.45, 7) is 6.12. The summed E-state index contributed by atoms with van der Waals surface area (Å²) in [4.78, 5) is 39.6. The Bertz CT molecular complexity index is 1100. The van der Waals surface area contributed by atoms with E-state index in [1.165, 1.54) is 0 Å². The Balaban J connectivity index is 1.64. The molecule has 3 amide bonds. The van der Waals surface area contributed by atoms with Crippen LogP contribution in [0.1, 0.15) is 29.8 Å². The van der Waals surface area contributed by atoms with Crippen LogP contribution in [0.4, 0.5) is 5.69 Å². The summed E-state index contributed by atoms with van der Waals surface area (Å²) in [5.74, 6) is -0.711. The zero-order valence-electron chi connectivity index (χ0n) is 18.7. The molecule has 3 aromatic rings. The number of aryl methyl sites for hydroxylation is 1. The zero-order valence-corrected chi connectivity index (χ0v) is 18.7. The normalized spacial score (nSPS) is 10.8. The van der Waals surface area contributed by atoms with Crippen molar-refractivity contribution in [3.05, 3.63) is 77.9 Å². The van der Waals surface area contributed by atoms with Crippen molar-refractivity contribution in [2.75, 3.05) is 25.0 Å². The molecule has 0 aromatic heterocycles. The van der Waals surface area contributed by atoms with Gasteiger partial charge >= 0.3 is 0 Å². The van der Waals surface area contributed by atoms with E-state index < -0.39 is 0 Å². The van der Waals surface area contributed by atoms with E-state index in [0.29, 0.717) is 17.8 Å².